The summed E-state index contributed by atoms with van der Waals surface area (Å²) in [4.78, 5) is 28.0. The third-order valence-corrected chi connectivity index (χ3v) is 7.50. The highest BCUT2D eigenvalue weighted by Gasteiger charge is 2.49. The summed E-state index contributed by atoms with van der Waals surface area (Å²) in [5.41, 5.74) is 0.756. The number of aryl methyl sites for hydroxylation is 1. The van der Waals surface area contributed by atoms with Crippen LogP contribution in [0.1, 0.15) is 56.6 Å². The van der Waals surface area contributed by atoms with Gasteiger partial charge >= 0.3 is 0 Å². The van der Waals surface area contributed by atoms with E-state index in [-0.39, 0.29) is 37.5 Å². The second kappa shape index (κ2) is 9.06. The van der Waals surface area contributed by atoms with Gasteiger partial charge in [0.1, 0.15) is 5.54 Å². The Morgan fingerprint density at radius 3 is 2.30 bits per heavy atom. The summed E-state index contributed by atoms with van der Waals surface area (Å²) in [5.74, 6) is -0.631. The molecule has 2 aliphatic rings. The topological polar surface area (TPSA) is 86.8 Å². The van der Waals surface area contributed by atoms with Crippen LogP contribution >= 0.6 is 0 Å². The fourth-order valence-electron chi connectivity index (χ4n) is 4.33. The van der Waals surface area contributed by atoms with Gasteiger partial charge in [-0.1, -0.05) is 55.5 Å². The summed E-state index contributed by atoms with van der Waals surface area (Å²) in [6, 6.07) is 7.89. The number of amides is 2. The largest absolute Gasteiger partial charge is 0.351 e. The van der Waals surface area contributed by atoms with Crippen molar-refractivity contribution in [2.45, 2.75) is 70.5 Å². The molecule has 1 N–H and O–H groups in total. The van der Waals surface area contributed by atoms with E-state index in [9.17, 15) is 18.0 Å². The molecule has 8 heteroatoms. The van der Waals surface area contributed by atoms with E-state index in [2.05, 4.69) is 5.32 Å². The van der Waals surface area contributed by atoms with Gasteiger partial charge in [-0.15, -0.1) is 0 Å². The summed E-state index contributed by atoms with van der Waals surface area (Å²) < 4.78 is 25.5. The smallest absolute Gasteiger partial charge is 0.247 e. The fourth-order valence-corrected chi connectivity index (χ4v) is 5.16. The van der Waals surface area contributed by atoms with Gasteiger partial charge in [0, 0.05) is 19.1 Å². The zero-order valence-electron chi connectivity index (χ0n) is 18.2. The lowest BCUT2D eigenvalue weighted by Crippen LogP contribution is -2.69. The average molecular weight is 436 g/mol. The molecule has 1 aliphatic carbocycles. The van der Waals surface area contributed by atoms with Crippen LogP contribution in [-0.4, -0.2) is 60.4 Å². The lowest BCUT2D eigenvalue weighted by Gasteiger charge is -2.47. The van der Waals surface area contributed by atoms with Crippen LogP contribution in [-0.2, 0) is 26.2 Å². The van der Waals surface area contributed by atoms with Crippen LogP contribution < -0.4 is 5.32 Å². The Balaban J connectivity index is 1.88. The Morgan fingerprint density at radius 2 is 1.73 bits per heavy atom. The molecule has 3 rings (SSSR count). The maximum absolute atomic E-state index is 13.4. The van der Waals surface area contributed by atoms with Gasteiger partial charge in [-0.25, -0.2) is 8.42 Å². The van der Waals surface area contributed by atoms with Gasteiger partial charge < -0.3 is 10.2 Å². The number of benzene rings is 1. The summed E-state index contributed by atoms with van der Waals surface area (Å²) >= 11 is 0. The minimum atomic E-state index is -3.60. The Bertz CT molecular complexity index is 876. The lowest BCUT2D eigenvalue weighted by atomic mass is 9.93. The third-order valence-electron chi connectivity index (χ3n) is 6.30. The van der Waals surface area contributed by atoms with Crippen LogP contribution in [0.15, 0.2) is 24.3 Å². The van der Waals surface area contributed by atoms with Crippen molar-refractivity contribution in [2.75, 3.05) is 19.3 Å². The number of hydrogen-bond donors (Lipinski definition) is 1. The van der Waals surface area contributed by atoms with Crippen molar-refractivity contribution in [3.05, 3.63) is 35.4 Å². The number of nitrogens with zero attached hydrogens (tertiary/aromatic N) is 2. The molecule has 1 aromatic carbocycles. The Hall–Kier alpha value is -1.93. The van der Waals surface area contributed by atoms with E-state index in [0.717, 1.165) is 47.4 Å². The zero-order chi connectivity index (χ0) is 21.9. The summed E-state index contributed by atoms with van der Waals surface area (Å²) in [6.07, 6.45) is 7.41. The molecule has 1 unspecified atom stereocenters. The third kappa shape index (κ3) is 5.21. The van der Waals surface area contributed by atoms with Crippen LogP contribution in [0, 0.1) is 6.92 Å². The first-order valence-corrected chi connectivity index (χ1v) is 12.6. The van der Waals surface area contributed by atoms with E-state index in [1.165, 1.54) is 12.8 Å². The Morgan fingerprint density at radius 1 is 1.13 bits per heavy atom. The van der Waals surface area contributed by atoms with Gasteiger partial charge in [0.25, 0.3) is 0 Å². The molecule has 1 saturated carbocycles. The molecule has 30 heavy (non-hydrogen) atoms. The van der Waals surface area contributed by atoms with Crippen molar-refractivity contribution >= 4 is 21.8 Å². The van der Waals surface area contributed by atoms with Crippen LogP contribution in [0.25, 0.3) is 0 Å². The molecule has 1 saturated heterocycles. The van der Waals surface area contributed by atoms with Crippen LogP contribution in [0.4, 0.5) is 0 Å². The van der Waals surface area contributed by atoms with E-state index in [1.807, 2.05) is 31.2 Å². The number of rotatable bonds is 5. The number of carbonyl (C=O) groups is 2. The van der Waals surface area contributed by atoms with Gasteiger partial charge in [-0.2, -0.15) is 4.31 Å². The Kier molecular flexibility index (Phi) is 6.87. The van der Waals surface area contributed by atoms with Gasteiger partial charge in [0.2, 0.25) is 21.8 Å². The fraction of sp³-hybridized carbons (Fsp3) is 0.636. The minimum Gasteiger partial charge on any atom is -0.351 e. The first-order valence-electron chi connectivity index (χ1n) is 10.7. The average Bonchev–Trinajstić information content (AvgIpc) is 2.94. The predicted molar refractivity (Wildman–Crippen MR) is 116 cm³/mol. The van der Waals surface area contributed by atoms with E-state index in [0.29, 0.717) is 0 Å². The van der Waals surface area contributed by atoms with Crippen molar-refractivity contribution in [2.24, 2.45) is 0 Å². The summed E-state index contributed by atoms with van der Waals surface area (Å²) in [7, 11) is -3.60. The van der Waals surface area contributed by atoms with Crippen molar-refractivity contribution in [1.29, 1.82) is 0 Å². The normalized spacial score (nSPS) is 24.5. The molecule has 1 aliphatic heterocycles. The van der Waals surface area contributed by atoms with Crippen LogP contribution in [0.3, 0.4) is 0 Å². The molecule has 2 fully saturated rings. The van der Waals surface area contributed by atoms with Crippen molar-refractivity contribution in [3.8, 4) is 0 Å². The van der Waals surface area contributed by atoms with Crippen molar-refractivity contribution in [3.63, 3.8) is 0 Å². The predicted octanol–water partition coefficient (Wildman–Crippen LogP) is 2.20. The quantitative estimate of drug-likeness (QED) is 0.719. The molecule has 166 valence electrons. The van der Waals surface area contributed by atoms with Gasteiger partial charge in [0.15, 0.2) is 0 Å². The number of sulfonamides is 1. The molecule has 1 aromatic rings. The lowest BCUT2D eigenvalue weighted by molar-refractivity contribution is -0.154. The van der Waals surface area contributed by atoms with E-state index >= 15 is 0 Å². The van der Waals surface area contributed by atoms with Gasteiger partial charge in [-0.3, -0.25) is 9.59 Å². The van der Waals surface area contributed by atoms with Crippen molar-refractivity contribution in [1.82, 2.24) is 14.5 Å². The van der Waals surface area contributed by atoms with E-state index in [4.69, 9.17) is 0 Å². The molecule has 2 amide bonds. The monoisotopic (exact) mass is 435 g/mol. The molecule has 1 atom stereocenters. The highest BCUT2D eigenvalue weighted by Crippen LogP contribution is 2.28. The first-order chi connectivity index (χ1) is 14.1. The first kappa shape index (κ1) is 22.7. The van der Waals surface area contributed by atoms with Crippen molar-refractivity contribution < 1.29 is 18.0 Å². The molecular weight excluding hydrogens is 402 g/mol. The number of piperazine rings is 1. The Labute approximate surface area is 179 Å². The molecule has 0 bridgehead atoms. The molecule has 0 spiro atoms. The molecule has 1 heterocycles. The van der Waals surface area contributed by atoms with Crippen LogP contribution in [0.2, 0.25) is 0 Å². The number of hydrogen-bond acceptors (Lipinski definition) is 4. The molecule has 7 nitrogen and oxygen atoms in total. The molecule has 0 radical (unpaired) electrons. The van der Waals surface area contributed by atoms with Gasteiger partial charge in [0.05, 0.1) is 12.8 Å². The van der Waals surface area contributed by atoms with Gasteiger partial charge in [-0.05, 0) is 32.3 Å². The second-order valence-corrected chi connectivity index (χ2v) is 10.9. The maximum atomic E-state index is 13.4. The summed E-state index contributed by atoms with van der Waals surface area (Å²) in [5, 5.41) is 3.13. The maximum Gasteiger partial charge on any atom is 0.247 e. The minimum absolute atomic E-state index is 0.0397. The highest BCUT2D eigenvalue weighted by molar-refractivity contribution is 7.88. The van der Waals surface area contributed by atoms with E-state index < -0.39 is 15.6 Å². The number of nitrogens with one attached hydrogen (secondary N) is 1. The summed E-state index contributed by atoms with van der Waals surface area (Å²) in [6.45, 7) is 3.66. The SMILES string of the molecule is Cc1ccc(CN2C(=O)CN(S(C)(=O)=O)CC2(C)C(=O)NC2CCCCCC2)cc1. The van der Waals surface area contributed by atoms with Crippen LogP contribution in [0.5, 0.6) is 0 Å². The standard InChI is InChI=1S/C22H33N3O4S/c1-17-10-12-18(13-11-17)14-25-20(26)15-24(30(3,28)29)16-22(25,2)21(27)23-19-8-6-4-5-7-9-19/h10-13,19H,4-9,14-16H2,1-3H3,(H,23,27). The molecule has 0 aromatic heterocycles. The molecular formula is C22H33N3O4S. The zero-order valence-corrected chi connectivity index (χ0v) is 19.0. The highest BCUT2D eigenvalue weighted by atomic mass is 32.2. The van der Waals surface area contributed by atoms with E-state index in [1.54, 1.807) is 11.8 Å². The second-order valence-electron chi connectivity index (χ2n) is 8.93. The number of carbonyl (C=O) groups excluding carboxylic acids is 2.